The molecule has 0 saturated heterocycles. The van der Waals surface area contributed by atoms with Gasteiger partial charge >= 0.3 is 0 Å². The molecule has 8 nitrogen and oxygen atoms in total. The van der Waals surface area contributed by atoms with Crippen LogP contribution in [0.1, 0.15) is 22.3 Å². The Kier molecular flexibility index (Phi) is 7.26. The second kappa shape index (κ2) is 10.8. The summed E-state index contributed by atoms with van der Waals surface area (Å²) >= 11 is 0. The molecule has 4 aromatic carbocycles. The van der Waals surface area contributed by atoms with Gasteiger partial charge in [0.2, 0.25) is 0 Å². The number of anilines is 1. The first-order valence-corrected chi connectivity index (χ1v) is 13.9. The highest BCUT2D eigenvalue weighted by atomic mass is 32.2. The molecular formula is C30H29N3O5S. The second-order valence-corrected chi connectivity index (χ2v) is 11.2. The van der Waals surface area contributed by atoms with Gasteiger partial charge in [-0.25, -0.2) is 13.8 Å². The molecule has 0 bridgehead atoms. The van der Waals surface area contributed by atoms with Gasteiger partial charge in [0.25, 0.3) is 15.9 Å². The Hall–Kier alpha value is -4.37. The van der Waals surface area contributed by atoms with Crippen molar-refractivity contribution in [1.29, 1.82) is 0 Å². The number of hydrazone groups is 1. The van der Waals surface area contributed by atoms with E-state index < -0.39 is 22.5 Å². The lowest BCUT2D eigenvalue weighted by Gasteiger charge is -2.24. The number of nitrogens with zero attached hydrogens (tertiary/aromatic N) is 2. The molecule has 0 aliphatic heterocycles. The molecule has 1 amide bonds. The van der Waals surface area contributed by atoms with Crippen molar-refractivity contribution < 1.29 is 22.7 Å². The van der Waals surface area contributed by atoms with E-state index in [-0.39, 0.29) is 10.6 Å². The van der Waals surface area contributed by atoms with Crippen molar-refractivity contribution in [1.82, 2.24) is 5.43 Å². The lowest BCUT2D eigenvalue weighted by Crippen LogP contribution is -2.39. The summed E-state index contributed by atoms with van der Waals surface area (Å²) in [4.78, 5) is 13.0. The third-order valence-electron chi connectivity index (χ3n) is 6.86. The predicted octanol–water partition coefficient (Wildman–Crippen LogP) is 4.61. The summed E-state index contributed by atoms with van der Waals surface area (Å²) in [6, 6.07) is 21.5. The zero-order valence-corrected chi connectivity index (χ0v) is 22.8. The van der Waals surface area contributed by atoms with E-state index in [1.807, 2.05) is 25.1 Å². The second-order valence-electron chi connectivity index (χ2n) is 9.31. The normalized spacial score (nSPS) is 12.6. The zero-order chi connectivity index (χ0) is 27.6. The van der Waals surface area contributed by atoms with E-state index in [0.717, 1.165) is 33.7 Å². The summed E-state index contributed by atoms with van der Waals surface area (Å²) in [7, 11) is -1.24. The quantitative estimate of drug-likeness (QED) is 0.246. The van der Waals surface area contributed by atoms with Gasteiger partial charge in [0.1, 0.15) is 6.54 Å². The Balaban J connectivity index is 1.41. The Labute approximate surface area is 227 Å². The molecule has 4 aromatic rings. The molecule has 5 rings (SSSR count). The number of ether oxygens (including phenoxy) is 2. The third-order valence-corrected chi connectivity index (χ3v) is 8.63. The minimum atomic E-state index is -4.14. The van der Waals surface area contributed by atoms with Crippen molar-refractivity contribution in [2.24, 2.45) is 5.10 Å². The van der Waals surface area contributed by atoms with Crippen molar-refractivity contribution in [3.63, 3.8) is 0 Å². The topological polar surface area (TPSA) is 97.3 Å². The first-order chi connectivity index (χ1) is 18.8. The van der Waals surface area contributed by atoms with Gasteiger partial charge in [-0.15, -0.1) is 0 Å². The summed E-state index contributed by atoms with van der Waals surface area (Å²) in [6.07, 6.45) is 3.64. The van der Waals surface area contributed by atoms with Crippen LogP contribution in [0.15, 0.2) is 82.8 Å². The molecule has 0 spiro atoms. The lowest BCUT2D eigenvalue weighted by atomic mass is 10.0. The molecule has 0 atom stereocenters. The molecule has 0 radical (unpaired) electrons. The molecule has 0 heterocycles. The monoisotopic (exact) mass is 543 g/mol. The van der Waals surface area contributed by atoms with Gasteiger partial charge < -0.3 is 9.47 Å². The number of rotatable bonds is 9. The summed E-state index contributed by atoms with van der Waals surface area (Å²) in [5, 5.41) is 6.49. The predicted molar refractivity (Wildman–Crippen MR) is 152 cm³/mol. The van der Waals surface area contributed by atoms with Gasteiger partial charge in [0.05, 0.1) is 31.0 Å². The molecule has 1 aliphatic rings. The molecule has 0 unspecified atom stereocenters. The van der Waals surface area contributed by atoms with E-state index in [4.69, 9.17) is 9.47 Å². The van der Waals surface area contributed by atoms with Crippen LogP contribution in [-0.4, -0.2) is 41.3 Å². The van der Waals surface area contributed by atoms with E-state index in [1.165, 1.54) is 48.9 Å². The van der Waals surface area contributed by atoms with Crippen molar-refractivity contribution in [2.45, 2.75) is 24.7 Å². The van der Waals surface area contributed by atoms with Crippen LogP contribution in [-0.2, 0) is 27.7 Å². The van der Waals surface area contributed by atoms with Crippen LogP contribution >= 0.6 is 0 Å². The van der Waals surface area contributed by atoms with Gasteiger partial charge in [-0.05, 0) is 65.9 Å². The van der Waals surface area contributed by atoms with Crippen LogP contribution in [0.25, 0.3) is 10.8 Å². The maximum absolute atomic E-state index is 13.7. The highest BCUT2D eigenvalue weighted by Crippen LogP contribution is 2.33. The van der Waals surface area contributed by atoms with Crippen LogP contribution in [0.3, 0.4) is 0 Å². The van der Waals surface area contributed by atoms with Gasteiger partial charge in [-0.3, -0.25) is 9.10 Å². The van der Waals surface area contributed by atoms with E-state index in [2.05, 4.69) is 22.7 Å². The van der Waals surface area contributed by atoms with Crippen LogP contribution in [0.4, 0.5) is 5.69 Å². The first-order valence-electron chi connectivity index (χ1n) is 12.5. The minimum absolute atomic E-state index is 0.0371. The smallest absolute Gasteiger partial charge is 0.264 e. The third kappa shape index (κ3) is 5.18. The highest BCUT2D eigenvalue weighted by Gasteiger charge is 2.28. The van der Waals surface area contributed by atoms with Crippen molar-refractivity contribution >= 4 is 38.6 Å². The van der Waals surface area contributed by atoms with Gasteiger partial charge in [-0.1, -0.05) is 48.0 Å². The van der Waals surface area contributed by atoms with Crippen molar-refractivity contribution in [3.05, 3.63) is 95.1 Å². The van der Waals surface area contributed by atoms with Crippen LogP contribution in [0.5, 0.6) is 11.5 Å². The fourth-order valence-electron chi connectivity index (χ4n) is 4.85. The number of hydrogen-bond donors (Lipinski definition) is 1. The molecule has 39 heavy (non-hydrogen) atoms. The summed E-state index contributed by atoms with van der Waals surface area (Å²) in [5.41, 5.74) is 7.32. The number of nitrogens with one attached hydrogen (secondary N) is 1. The Morgan fingerprint density at radius 3 is 2.38 bits per heavy atom. The number of aryl methyl sites for hydroxylation is 3. The molecule has 1 N–H and O–H groups in total. The fourth-order valence-corrected chi connectivity index (χ4v) is 6.29. The van der Waals surface area contributed by atoms with Gasteiger partial charge in [0.15, 0.2) is 11.5 Å². The summed E-state index contributed by atoms with van der Waals surface area (Å²) in [6.45, 7) is 1.43. The number of benzene rings is 4. The minimum Gasteiger partial charge on any atom is -0.493 e. The molecule has 0 aromatic heterocycles. The number of methoxy groups -OCH3 is 2. The molecule has 1 aliphatic carbocycles. The van der Waals surface area contributed by atoms with Crippen molar-refractivity contribution in [3.8, 4) is 11.5 Å². The molecule has 9 heteroatoms. The van der Waals surface area contributed by atoms with Gasteiger partial charge in [-0.2, -0.15) is 5.10 Å². The van der Waals surface area contributed by atoms with Crippen LogP contribution < -0.4 is 19.2 Å². The summed E-state index contributed by atoms with van der Waals surface area (Å²) < 4.78 is 39.1. The van der Waals surface area contributed by atoms with E-state index >= 15 is 0 Å². The molecule has 0 fully saturated rings. The fraction of sp³-hybridized carbons (Fsp3) is 0.200. The maximum atomic E-state index is 13.7. The largest absolute Gasteiger partial charge is 0.493 e. The Bertz CT molecular complexity index is 1670. The average molecular weight is 544 g/mol. The SMILES string of the molecule is COc1ccc(S(=O)(=O)N(CC(=O)N/N=C\c2ccc3c4c(cccc24)CC3)c2ccc(C)cc2)cc1OC. The number of sulfonamides is 1. The van der Waals surface area contributed by atoms with E-state index in [1.54, 1.807) is 30.5 Å². The molecule has 200 valence electrons. The standard InChI is InChI=1S/C30H29N3O5S/c1-20-7-13-24(14-8-20)33(39(35,36)25-15-16-27(37-2)28(17-25)38-3)19-29(34)32-31-18-23-12-11-22-10-9-21-5-4-6-26(23)30(21)22/h4-8,11-18H,9-10,19H2,1-3H3,(H,32,34)/b31-18-. The van der Waals surface area contributed by atoms with Gasteiger partial charge in [0, 0.05) is 11.6 Å². The first kappa shape index (κ1) is 26.2. The average Bonchev–Trinajstić information content (AvgIpc) is 3.37. The van der Waals surface area contributed by atoms with E-state index in [9.17, 15) is 13.2 Å². The maximum Gasteiger partial charge on any atom is 0.264 e. The zero-order valence-electron chi connectivity index (χ0n) is 22.0. The summed E-state index contributed by atoms with van der Waals surface area (Å²) in [5.74, 6) is 0.0807. The van der Waals surface area contributed by atoms with Crippen LogP contribution in [0.2, 0.25) is 0 Å². The van der Waals surface area contributed by atoms with Crippen molar-refractivity contribution in [2.75, 3.05) is 25.1 Å². The number of carbonyl (C=O) groups excluding carboxylic acids is 1. The lowest BCUT2D eigenvalue weighted by molar-refractivity contribution is -0.119. The molecular weight excluding hydrogens is 514 g/mol. The number of carbonyl (C=O) groups is 1. The Morgan fingerprint density at radius 1 is 0.949 bits per heavy atom. The molecule has 0 saturated carbocycles. The number of amides is 1. The highest BCUT2D eigenvalue weighted by molar-refractivity contribution is 7.92. The number of hydrogen-bond acceptors (Lipinski definition) is 6. The Morgan fingerprint density at radius 2 is 1.67 bits per heavy atom. The van der Waals surface area contributed by atoms with Crippen LogP contribution in [0, 0.1) is 6.92 Å². The van der Waals surface area contributed by atoms with E-state index in [0.29, 0.717) is 11.4 Å².